The van der Waals surface area contributed by atoms with Gasteiger partial charge < -0.3 is 0 Å². The van der Waals surface area contributed by atoms with Crippen LogP contribution in [0.25, 0.3) is 0 Å². The van der Waals surface area contributed by atoms with Crippen LogP contribution in [-0.2, 0) is 14.3 Å². The molecule has 1 aliphatic rings. The highest BCUT2D eigenvalue weighted by atomic mass is 32.2. The molecule has 3 nitrogen and oxygen atoms in total. The Morgan fingerprint density at radius 1 is 1.50 bits per heavy atom. The van der Waals surface area contributed by atoms with E-state index in [2.05, 4.69) is 4.18 Å². The molecule has 0 N–H and O–H groups in total. The second kappa shape index (κ2) is 1.19. The lowest BCUT2D eigenvalue weighted by Crippen LogP contribution is -2.46. The van der Waals surface area contributed by atoms with Gasteiger partial charge in [0.15, 0.2) is 0 Å². The first-order chi connectivity index (χ1) is 3.46. The van der Waals surface area contributed by atoms with Gasteiger partial charge in [-0.05, 0) is 0 Å². The van der Waals surface area contributed by atoms with E-state index in [0.717, 1.165) is 0 Å². The fourth-order valence-corrected chi connectivity index (χ4v) is 0.733. The van der Waals surface area contributed by atoms with E-state index < -0.39 is 22.0 Å². The third-order valence-corrected chi connectivity index (χ3v) is 2.03. The Balaban J connectivity index is 2.95. The van der Waals surface area contributed by atoms with Crippen molar-refractivity contribution in [3.05, 3.63) is 0 Å². The summed E-state index contributed by atoms with van der Waals surface area (Å²) in [6.07, 6.45) is 0. The molecule has 8 heavy (non-hydrogen) atoms. The number of halogens is 2. The summed E-state index contributed by atoms with van der Waals surface area (Å²) < 4.78 is 46.3. The molecule has 0 aromatic carbocycles. The minimum atomic E-state index is -4.49. The summed E-state index contributed by atoms with van der Waals surface area (Å²) >= 11 is 0. The van der Waals surface area contributed by atoms with Crippen molar-refractivity contribution >= 4 is 10.1 Å². The fourth-order valence-electron chi connectivity index (χ4n) is 0.244. The van der Waals surface area contributed by atoms with E-state index in [9.17, 15) is 17.2 Å². The van der Waals surface area contributed by atoms with Gasteiger partial charge in [-0.15, -0.1) is 0 Å². The zero-order chi connectivity index (χ0) is 6.41. The van der Waals surface area contributed by atoms with Crippen molar-refractivity contribution in [3.8, 4) is 0 Å². The van der Waals surface area contributed by atoms with E-state index in [0.29, 0.717) is 0 Å². The SMILES string of the molecule is O=S1(=O)OCC1(F)F. The van der Waals surface area contributed by atoms with Crippen LogP contribution in [-0.4, -0.2) is 20.3 Å². The van der Waals surface area contributed by atoms with Gasteiger partial charge in [-0.2, -0.15) is 17.2 Å². The van der Waals surface area contributed by atoms with E-state index in [-0.39, 0.29) is 0 Å². The lowest BCUT2D eigenvalue weighted by Gasteiger charge is -2.23. The van der Waals surface area contributed by atoms with Crippen molar-refractivity contribution in [1.82, 2.24) is 0 Å². The quantitative estimate of drug-likeness (QED) is 0.447. The molecule has 6 heteroatoms. The Morgan fingerprint density at radius 3 is 1.88 bits per heavy atom. The molecule has 0 amide bonds. The molecular formula is C2H2F2O3S. The molecule has 0 aliphatic carbocycles. The molecule has 1 rings (SSSR count). The highest BCUT2D eigenvalue weighted by Gasteiger charge is 2.56. The second-order valence-electron chi connectivity index (χ2n) is 1.35. The first-order valence-electron chi connectivity index (χ1n) is 1.72. The summed E-state index contributed by atoms with van der Waals surface area (Å²) in [5.41, 5.74) is 0. The van der Waals surface area contributed by atoms with Gasteiger partial charge in [0.25, 0.3) is 0 Å². The third-order valence-electron chi connectivity index (χ3n) is 0.748. The van der Waals surface area contributed by atoms with Crippen LogP contribution in [0, 0.1) is 0 Å². The van der Waals surface area contributed by atoms with E-state index in [1.54, 1.807) is 0 Å². The minimum absolute atomic E-state index is 1.00. The molecular weight excluding hydrogens is 142 g/mol. The second-order valence-corrected chi connectivity index (χ2v) is 3.09. The maximum atomic E-state index is 11.6. The van der Waals surface area contributed by atoms with Crippen molar-refractivity contribution in [1.29, 1.82) is 0 Å². The Kier molecular flexibility index (Phi) is 0.876. The van der Waals surface area contributed by atoms with E-state index >= 15 is 0 Å². The average molecular weight is 144 g/mol. The van der Waals surface area contributed by atoms with Gasteiger partial charge >= 0.3 is 15.4 Å². The highest BCUT2D eigenvalue weighted by molar-refractivity contribution is 7.89. The van der Waals surface area contributed by atoms with Gasteiger partial charge in [0.2, 0.25) is 0 Å². The maximum absolute atomic E-state index is 11.6. The summed E-state index contributed by atoms with van der Waals surface area (Å²) in [4.78, 5) is 0. The van der Waals surface area contributed by atoms with Gasteiger partial charge in [0.05, 0.1) is 0 Å². The number of hydrogen-bond acceptors (Lipinski definition) is 3. The molecule has 0 aromatic rings. The molecule has 1 saturated heterocycles. The first kappa shape index (κ1) is 5.90. The molecule has 0 aromatic heterocycles. The number of hydrogen-bond donors (Lipinski definition) is 0. The highest BCUT2D eigenvalue weighted by Crippen LogP contribution is 2.32. The van der Waals surface area contributed by atoms with Gasteiger partial charge in [-0.1, -0.05) is 0 Å². The van der Waals surface area contributed by atoms with E-state index in [1.165, 1.54) is 0 Å². The lowest BCUT2D eigenvalue weighted by atomic mass is 10.8. The van der Waals surface area contributed by atoms with Gasteiger partial charge in [-0.3, -0.25) is 4.18 Å². The molecule has 1 heterocycles. The molecule has 48 valence electrons. The van der Waals surface area contributed by atoms with Gasteiger partial charge in [-0.25, -0.2) is 0 Å². The Bertz CT molecular complexity index is 193. The van der Waals surface area contributed by atoms with Crippen LogP contribution in [0.15, 0.2) is 0 Å². The first-order valence-corrected chi connectivity index (χ1v) is 3.13. The largest absolute Gasteiger partial charge is 0.394 e. The van der Waals surface area contributed by atoms with Crippen molar-refractivity contribution in [3.63, 3.8) is 0 Å². The predicted molar refractivity (Wildman–Crippen MR) is 19.8 cm³/mol. The molecule has 1 aliphatic heterocycles. The van der Waals surface area contributed by atoms with Crippen molar-refractivity contribution in [2.75, 3.05) is 6.61 Å². The molecule has 0 unspecified atom stereocenters. The third kappa shape index (κ3) is 0.528. The smallest absolute Gasteiger partial charge is 0.258 e. The fraction of sp³-hybridized carbons (Fsp3) is 1.00. The summed E-state index contributed by atoms with van der Waals surface area (Å²) in [6.45, 7) is -1.00. The predicted octanol–water partition coefficient (Wildman–Crippen LogP) is -0.0608. The van der Waals surface area contributed by atoms with Crippen LogP contribution in [0.5, 0.6) is 0 Å². The lowest BCUT2D eigenvalue weighted by molar-refractivity contribution is -0.0234. The van der Waals surface area contributed by atoms with Crippen molar-refractivity contribution < 1.29 is 21.4 Å². The van der Waals surface area contributed by atoms with Crippen LogP contribution in [0.3, 0.4) is 0 Å². The normalized spacial score (nSPS) is 31.2. The van der Waals surface area contributed by atoms with E-state index in [4.69, 9.17) is 0 Å². The number of rotatable bonds is 0. The monoisotopic (exact) mass is 144 g/mol. The summed E-state index contributed by atoms with van der Waals surface area (Å²) in [5.74, 6) is 0. The minimum Gasteiger partial charge on any atom is -0.258 e. The van der Waals surface area contributed by atoms with Gasteiger partial charge in [0, 0.05) is 0 Å². The van der Waals surface area contributed by atoms with Crippen LogP contribution in [0.2, 0.25) is 0 Å². The number of alkyl halides is 2. The average Bonchev–Trinajstić information content (AvgIpc) is 1.64. The standard InChI is InChI=1S/C2H2F2O3S/c3-2(4)1-7-8(2,5)6/h1H2. The molecule has 0 radical (unpaired) electrons. The zero-order valence-electron chi connectivity index (χ0n) is 3.60. The maximum Gasteiger partial charge on any atom is 0.394 e. The van der Waals surface area contributed by atoms with Crippen molar-refractivity contribution in [2.45, 2.75) is 5.25 Å². The Morgan fingerprint density at radius 2 is 1.88 bits per heavy atom. The molecule has 0 atom stereocenters. The molecule has 0 spiro atoms. The Labute approximate surface area is 44.4 Å². The van der Waals surface area contributed by atoms with Gasteiger partial charge in [0.1, 0.15) is 6.61 Å². The molecule has 1 fully saturated rings. The Hall–Kier alpha value is -0.230. The van der Waals surface area contributed by atoms with Crippen LogP contribution in [0.1, 0.15) is 0 Å². The zero-order valence-corrected chi connectivity index (χ0v) is 4.41. The van der Waals surface area contributed by atoms with Crippen LogP contribution in [0.4, 0.5) is 8.78 Å². The van der Waals surface area contributed by atoms with Crippen LogP contribution >= 0.6 is 0 Å². The van der Waals surface area contributed by atoms with E-state index in [1.807, 2.05) is 0 Å². The summed E-state index contributed by atoms with van der Waals surface area (Å²) in [6, 6.07) is 0. The summed E-state index contributed by atoms with van der Waals surface area (Å²) in [7, 11) is -4.49. The summed E-state index contributed by atoms with van der Waals surface area (Å²) in [5, 5.41) is -3.63. The van der Waals surface area contributed by atoms with Crippen molar-refractivity contribution in [2.24, 2.45) is 0 Å². The molecule has 0 bridgehead atoms. The van der Waals surface area contributed by atoms with Crippen LogP contribution < -0.4 is 0 Å². The molecule has 0 saturated carbocycles. The topological polar surface area (TPSA) is 43.4 Å².